The third kappa shape index (κ3) is 2.76. The highest BCUT2D eigenvalue weighted by molar-refractivity contribution is 7.10. The SMILES string of the molecule is Cc1nc(Cc2nc(-c3ccc(F)c(F)c3)cs2)cs1. The van der Waals surface area contributed by atoms with Crippen LogP contribution in [0.3, 0.4) is 0 Å². The second-order valence-electron chi connectivity index (χ2n) is 4.29. The van der Waals surface area contributed by atoms with Crippen molar-refractivity contribution in [3.63, 3.8) is 0 Å². The summed E-state index contributed by atoms with van der Waals surface area (Å²) < 4.78 is 26.1. The van der Waals surface area contributed by atoms with Crippen molar-refractivity contribution in [3.8, 4) is 11.3 Å². The Kier molecular flexibility index (Phi) is 3.58. The van der Waals surface area contributed by atoms with Gasteiger partial charge < -0.3 is 0 Å². The number of rotatable bonds is 3. The highest BCUT2D eigenvalue weighted by atomic mass is 32.1. The molecule has 0 saturated carbocycles. The Balaban J connectivity index is 1.84. The second-order valence-corrected chi connectivity index (χ2v) is 6.29. The lowest BCUT2D eigenvalue weighted by atomic mass is 10.1. The normalized spacial score (nSPS) is 10.9. The maximum atomic E-state index is 13.2. The Labute approximate surface area is 122 Å². The molecule has 0 unspecified atom stereocenters. The van der Waals surface area contributed by atoms with Gasteiger partial charge in [-0.05, 0) is 25.1 Å². The number of halogens is 2. The predicted octanol–water partition coefficient (Wildman–Crippen LogP) is 4.44. The van der Waals surface area contributed by atoms with Gasteiger partial charge in [-0.2, -0.15) is 0 Å². The second kappa shape index (κ2) is 5.38. The van der Waals surface area contributed by atoms with Crippen LogP contribution in [0.4, 0.5) is 8.78 Å². The van der Waals surface area contributed by atoms with Crippen LogP contribution in [0.5, 0.6) is 0 Å². The summed E-state index contributed by atoms with van der Waals surface area (Å²) in [5, 5.41) is 5.79. The molecule has 0 fully saturated rings. The fourth-order valence-electron chi connectivity index (χ4n) is 1.82. The smallest absolute Gasteiger partial charge is 0.159 e. The molecule has 0 atom stereocenters. The van der Waals surface area contributed by atoms with Crippen molar-refractivity contribution < 1.29 is 8.78 Å². The first kappa shape index (κ1) is 13.3. The number of benzene rings is 1. The van der Waals surface area contributed by atoms with Crippen LogP contribution >= 0.6 is 22.7 Å². The molecule has 1 aromatic carbocycles. The van der Waals surface area contributed by atoms with Crippen LogP contribution in [-0.4, -0.2) is 9.97 Å². The van der Waals surface area contributed by atoms with E-state index in [9.17, 15) is 8.78 Å². The standard InChI is InChI=1S/C14H10F2N2S2/c1-8-17-10(6-19-8)5-14-18-13(7-20-14)9-2-3-11(15)12(16)4-9/h2-4,6-7H,5H2,1H3. The van der Waals surface area contributed by atoms with E-state index in [1.54, 1.807) is 11.3 Å². The quantitative estimate of drug-likeness (QED) is 0.714. The molecule has 0 radical (unpaired) electrons. The van der Waals surface area contributed by atoms with Gasteiger partial charge in [0.15, 0.2) is 11.6 Å². The number of hydrogen-bond donors (Lipinski definition) is 0. The zero-order valence-electron chi connectivity index (χ0n) is 10.6. The van der Waals surface area contributed by atoms with E-state index in [0.717, 1.165) is 21.8 Å². The van der Waals surface area contributed by atoms with E-state index in [-0.39, 0.29) is 0 Å². The van der Waals surface area contributed by atoms with Crippen LogP contribution in [0.15, 0.2) is 29.0 Å². The fourth-order valence-corrected chi connectivity index (χ4v) is 3.26. The molecule has 0 amide bonds. The molecule has 0 spiro atoms. The lowest BCUT2D eigenvalue weighted by Crippen LogP contribution is -1.89. The molecule has 6 heteroatoms. The summed E-state index contributed by atoms with van der Waals surface area (Å²) in [5.74, 6) is -1.70. The minimum absolute atomic E-state index is 0.584. The van der Waals surface area contributed by atoms with Crippen molar-refractivity contribution >= 4 is 22.7 Å². The molecule has 2 nitrogen and oxygen atoms in total. The molecule has 0 aliphatic rings. The van der Waals surface area contributed by atoms with E-state index in [4.69, 9.17) is 0 Å². The Morgan fingerprint density at radius 1 is 1.05 bits per heavy atom. The molecule has 2 aromatic heterocycles. The number of hydrogen-bond acceptors (Lipinski definition) is 4. The molecule has 0 aliphatic carbocycles. The van der Waals surface area contributed by atoms with Crippen molar-refractivity contribution in [1.82, 2.24) is 9.97 Å². The van der Waals surface area contributed by atoms with Crippen molar-refractivity contribution in [2.24, 2.45) is 0 Å². The summed E-state index contributed by atoms with van der Waals surface area (Å²) in [7, 11) is 0. The number of nitrogens with zero attached hydrogens (tertiary/aromatic N) is 2. The third-order valence-electron chi connectivity index (χ3n) is 2.77. The molecule has 3 rings (SSSR count). The van der Waals surface area contributed by atoms with E-state index in [1.165, 1.54) is 23.5 Å². The highest BCUT2D eigenvalue weighted by Gasteiger charge is 2.09. The van der Waals surface area contributed by atoms with Crippen molar-refractivity contribution in [3.05, 3.63) is 56.3 Å². The average molecular weight is 308 g/mol. The van der Waals surface area contributed by atoms with Gasteiger partial charge in [-0.1, -0.05) is 0 Å². The minimum atomic E-state index is -0.854. The molecule has 20 heavy (non-hydrogen) atoms. The first-order valence-electron chi connectivity index (χ1n) is 5.92. The highest BCUT2D eigenvalue weighted by Crippen LogP contribution is 2.25. The van der Waals surface area contributed by atoms with Crippen molar-refractivity contribution in [2.45, 2.75) is 13.3 Å². The van der Waals surface area contributed by atoms with Gasteiger partial charge in [0.1, 0.15) is 0 Å². The lowest BCUT2D eigenvalue weighted by Gasteiger charge is -1.97. The van der Waals surface area contributed by atoms with Gasteiger partial charge in [-0.3, -0.25) is 0 Å². The van der Waals surface area contributed by atoms with Gasteiger partial charge in [0.25, 0.3) is 0 Å². The van der Waals surface area contributed by atoms with Crippen LogP contribution in [0.2, 0.25) is 0 Å². The Hall–Kier alpha value is -1.66. The van der Waals surface area contributed by atoms with Crippen molar-refractivity contribution in [1.29, 1.82) is 0 Å². The molecular weight excluding hydrogens is 298 g/mol. The van der Waals surface area contributed by atoms with Gasteiger partial charge in [-0.25, -0.2) is 18.7 Å². The molecule has 0 aliphatic heterocycles. The zero-order chi connectivity index (χ0) is 14.1. The summed E-state index contributed by atoms with van der Waals surface area (Å²) in [4.78, 5) is 8.84. The van der Waals surface area contributed by atoms with Crippen LogP contribution in [0, 0.1) is 18.6 Å². The van der Waals surface area contributed by atoms with Crippen LogP contribution in [-0.2, 0) is 6.42 Å². The van der Waals surface area contributed by atoms with E-state index in [2.05, 4.69) is 9.97 Å². The average Bonchev–Trinajstić information content (AvgIpc) is 3.03. The molecular formula is C14H10F2N2S2. The van der Waals surface area contributed by atoms with Gasteiger partial charge >= 0.3 is 0 Å². The lowest BCUT2D eigenvalue weighted by molar-refractivity contribution is 0.509. The Morgan fingerprint density at radius 3 is 2.60 bits per heavy atom. The van der Waals surface area contributed by atoms with Gasteiger partial charge in [0.2, 0.25) is 0 Å². The summed E-state index contributed by atoms with van der Waals surface area (Å²) in [5.41, 5.74) is 2.23. The molecule has 0 N–H and O–H groups in total. The summed E-state index contributed by atoms with van der Waals surface area (Å²) in [6.45, 7) is 1.96. The van der Waals surface area contributed by atoms with Crippen LogP contribution in [0.1, 0.15) is 15.7 Å². The summed E-state index contributed by atoms with van der Waals surface area (Å²) in [6, 6.07) is 3.82. The minimum Gasteiger partial charge on any atom is -0.246 e. The third-order valence-corrected chi connectivity index (χ3v) is 4.44. The van der Waals surface area contributed by atoms with Gasteiger partial charge in [0, 0.05) is 22.7 Å². The van der Waals surface area contributed by atoms with Gasteiger partial charge in [0.05, 0.1) is 21.4 Å². The number of thiazole rings is 2. The molecule has 0 saturated heterocycles. The Bertz CT molecular complexity index is 749. The topological polar surface area (TPSA) is 25.8 Å². The van der Waals surface area contributed by atoms with Crippen LogP contribution in [0.25, 0.3) is 11.3 Å². The monoisotopic (exact) mass is 308 g/mol. The van der Waals surface area contributed by atoms with Gasteiger partial charge in [-0.15, -0.1) is 22.7 Å². The van der Waals surface area contributed by atoms with Crippen molar-refractivity contribution in [2.75, 3.05) is 0 Å². The van der Waals surface area contributed by atoms with E-state index < -0.39 is 11.6 Å². The molecule has 102 valence electrons. The predicted molar refractivity (Wildman–Crippen MR) is 77.1 cm³/mol. The first-order chi connectivity index (χ1) is 9.61. The number of aryl methyl sites for hydroxylation is 1. The maximum Gasteiger partial charge on any atom is 0.159 e. The maximum absolute atomic E-state index is 13.2. The Morgan fingerprint density at radius 2 is 1.90 bits per heavy atom. The molecule has 3 aromatic rings. The van der Waals surface area contributed by atoms with E-state index in [1.807, 2.05) is 17.7 Å². The number of aromatic nitrogens is 2. The molecule has 2 heterocycles. The zero-order valence-corrected chi connectivity index (χ0v) is 12.2. The molecule has 0 bridgehead atoms. The van der Waals surface area contributed by atoms with Crippen LogP contribution < -0.4 is 0 Å². The first-order valence-corrected chi connectivity index (χ1v) is 7.68. The summed E-state index contributed by atoms with van der Waals surface area (Å²) >= 11 is 3.10. The van der Waals surface area contributed by atoms with E-state index >= 15 is 0 Å². The fraction of sp³-hybridized carbons (Fsp3) is 0.143. The largest absolute Gasteiger partial charge is 0.246 e. The van der Waals surface area contributed by atoms with E-state index in [0.29, 0.717) is 17.7 Å². The summed E-state index contributed by atoms with van der Waals surface area (Å²) in [6.07, 6.45) is 0.665.